The summed E-state index contributed by atoms with van der Waals surface area (Å²) in [5.41, 5.74) is 8.57. The smallest absolute Gasteiger partial charge is 0.0936 e. The minimum atomic E-state index is -0.844. The van der Waals surface area contributed by atoms with E-state index in [0.29, 0.717) is 6.54 Å². The van der Waals surface area contributed by atoms with Gasteiger partial charge in [-0.05, 0) is 39.2 Å². The van der Waals surface area contributed by atoms with E-state index in [4.69, 9.17) is 5.73 Å². The van der Waals surface area contributed by atoms with Gasteiger partial charge in [0.2, 0.25) is 0 Å². The lowest BCUT2D eigenvalue weighted by Crippen LogP contribution is -2.48. The zero-order valence-electron chi connectivity index (χ0n) is 13.2. The Morgan fingerprint density at radius 2 is 1.55 bits per heavy atom. The molecule has 0 heterocycles. The summed E-state index contributed by atoms with van der Waals surface area (Å²) in [6.07, 6.45) is 6.96. The van der Waals surface area contributed by atoms with Gasteiger partial charge in [-0.1, -0.05) is 55.0 Å². The molecule has 3 N–H and O–H groups in total. The predicted octanol–water partition coefficient (Wildman–Crippen LogP) is 3.81. The fourth-order valence-electron chi connectivity index (χ4n) is 3.86. The lowest BCUT2D eigenvalue weighted by atomic mass is 9.64. The van der Waals surface area contributed by atoms with E-state index in [-0.39, 0.29) is 5.41 Å². The van der Waals surface area contributed by atoms with Gasteiger partial charge in [0, 0.05) is 12.0 Å². The number of benzene rings is 1. The second kappa shape index (κ2) is 5.87. The molecule has 0 spiro atoms. The predicted molar refractivity (Wildman–Crippen MR) is 84.7 cm³/mol. The molecule has 1 aromatic rings. The Balaban J connectivity index is 2.44. The van der Waals surface area contributed by atoms with Crippen LogP contribution in [0.15, 0.2) is 18.2 Å². The van der Waals surface area contributed by atoms with Gasteiger partial charge in [-0.25, -0.2) is 0 Å². The van der Waals surface area contributed by atoms with Gasteiger partial charge in [0.25, 0.3) is 0 Å². The second-order valence-electron chi connectivity index (χ2n) is 6.85. The third-order valence-corrected chi connectivity index (χ3v) is 5.27. The maximum absolute atomic E-state index is 11.4. The van der Waals surface area contributed by atoms with Gasteiger partial charge in [-0.15, -0.1) is 0 Å². The Morgan fingerprint density at radius 1 is 1.05 bits per heavy atom. The Kier molecular flexibility index (Phi) is 4.55. The molecule has 1 aliphatic rings. The Morgan fingerprint density at radius 3 is 2.00 bits per heavy atom. The van der Waals surface area contributed by atoms with Crippen LogP contribution in [0.25, 0.3) is 0 Å². The quantitative estimate of drug-likeness (QED) is 0.824. The van der Waals surface area contributed by atoms with Crippen LogP contribution in [0.4, 0.5) is 0 Å². The van der Waals surface area contributed by atoms with Gasteiger partial charge in [0.15, 0.2) is 0 Å². The minimum Gasteiger partial charge on any atom is -0.385 e. The third kappa shape index (κ3) is 2.77. The van der Waals surface area contributed by atoms with E-state index in [0.717, 1.165) is 18.4 Å². The van der Waals surface area contributed by atoms with Crippen molar-refractivity contribution in [2.24, 2.45) is 11.1 Å². The van der Waals surface area contributed by atoms with Crippen molar-refractivity contribution in [1.82, 2.24) is 0 Å². The van der Waals surface area contributed by atoms with E-state index in [1.54, 1.807) is 0 Å². The number of aryl methyl sites for hydroxylation is 2. The van der Waals surface area contributed by atoms with Crippen LogP contribution in [0.1, 0.15) is 62.1 Å². The summed E-state index contributed by atoms with van der Waals surface area (Å²) < 4.78 is 0. The molecule has 1 atom stereocenters. The molecule has 0 amide bonds. The highest BCUT2D eigenvalue weighted by Gasteiger charge is 2.46. The van der Waals surface area contributed by atoms with Gasteiger partial charge in [-0.3, -0.25) is 0 Å². The van der Waals surface area contributed by atoms with Gasteiger partial charge < -0.3 is 10.8 Å². The first-order chi connectivity index (χ1) is 9.41. The van der Waals surface area contributed by atoms with Crippen molar-refractivity contribution in [3.63, 3.8) is 0 Å². The monoisotopic (exact) mass is 275 g/mol. The highest BCUT2D eigenvalue weighted by molar-refractivity contribution is 5.34. The lowest BCUT2D eigenvalue weighted by molar-refractivity contribution is -0.0814. The first kappa shape index (κ1) is 15.5. The Labute approximate surface area is 123 Å². The van der Waals surface area contributed by atoms with E-state index in [1.165, 1.54) is 36.8 Å². The molecule has 112 valence electrons. The zero-order chi connectivity index (χ0) is 14.8. The highest BCUT2D eigenvalue weighted by atomic mass is 16.3. The number of hydrogen-bond acceptors (Lipinski definition) is 2. The zero-order valence-corrected chi connectivity index (χ0v) is 13.2. The summed E-state index contributed by atoms with van der Waals surface area (Å²) >= 11 is 0. The van der Waals surface area contributed by atoms with Crippen LogP contribution >= 0.6 is 0 Å². The maximum Gasteiger partial charge on any atom is 0.0936 e. The largest absolute Gasteiger partial charge is 0.385 e. The molecule has 2 rings (SSSR count). The summed E-state index contributed by atoms with van der Waals surface area (Å²) in [7, 11) is 0. The van der Waals surface area contributed by atoms with Crippen molar-refractivity contribution in [2.75, 3.05) is 6.54 Å². The molecule has 0 saturated heterocycles. The molecule has 2 nitrogen and oxygen atoms in total. The van der Waals surface area contributed by atoms with Crippen LogP contribution < -0.4 is 5.73 Å². The van der Waals surface area contributed by atoms with Crippen molar-refractivity contribution in [3.8, 4) is 0 Å². The number of rotatable bonds is 3. The molecule has 0 aromatic heterocycles. The Hall–Kier alpha value is -0.860. The van der Waals surface area contributed by atoms with Crippen LogP contribution in [-0.2, 0) is 5.60 Å². The summed E-state index contributed by atoms with van der Waals surface area (Å²) in [5.74, 6) is 0. The van der Waals surface area contributed by atoms with Crippen molar-refractivity contribution < 1.29 is 5.11 Å². The first-order valence-corrected chi connectivity index (χ1v) is 7.92. The standard InChI is InChI=1S/C18H29NO/c1-14-10-15(2)12-16(11-14)17(3,20)18(13-19)8-6-4-5-7-9-18/h10-12,20H,4-9,13,19H2,1-3H3. The van der Waals surface area contributed by atoms with Gasteiger partial charge in [-0.2, -0.15) is 0 Å². The fraction of sp³-hybridized carbons (Fsp3) is 0.667. The molecule has 20 heavy (non-hydrogen) atoms. The number of aliphatic hydroxyl groups is 1. The molecule has 1 aromatic carbocycles. The van der Waals surface area contributed by atoms with Crippen LogP contribution in [0, 0.1) is 19.3 Å². The van der Waals surface area contributed by atoms with Crippen molar-refractivity contribution >= 4 is 0 Å². The van der Waals surface area contributed by atoms with Crippen molar-refractivity contribution in [3.05, 3.63) is 34.9 Å². The summed E-state index contributed by atoms with van der Waals surface area (Å²) in [5, 5.41) is 11.4. The van der Waals surface area contributed by atoms with Crippen molar-refractivity contribution in [1.29, 1.82) is 0 Å². The average molecular weight is 275 g/mol. The summed E-state index contributed by atoms with van der Waals surface area (Å²) in [4.78, 5) is 0. The van der Waals surface area contributed by atoms with E-state index in [1.807, 2.05) is 6.92 Å². The van der Waals surface area contributed by atoms with E-state index in [9.17, 15) is 5.11 Å². The second-order valence-corrected chi connectivity index (χ2v) is 6.85. The van der Waals surface area contributed by atoms with Crippen molar-refractivity contribution in [2.45, 2.75) is 64.9 Å². The SMILES string of the molecule is Cc1cc(C)cc(C(C)(O)C2(CN)CCCCCC2)c1. The molecule has 2 heteroatoms. The van der Waals surface area contributed by atoms with E-state index < -0.39 is 5.60 Å². The van der Waals surface area contributed by atoms with Crippen LogP contribution in [-0.4, -0.2) is 11.7 Å². The molecule has 0 aliphatic heterocycles. The summed E-state index contributed by atoms with van der Waals surface area (Å²) in [6, 6.07) is 6.40. The van der Waals surface area contributed by atoms with Crippen LogP contribution in [0.5, 0.6) is 0 Å². The average Bonchev–Trinajstić information content (AvgIpc) is 2.64. The van der Waals surface area contributed by atoms with Gasteiger partial charge in [0.05, 0.1) is 5.60 Å². The number of nitrogens with two attached hydrogens (primary N) is 1. The first-order valence-electron chi connectivity index (χ1n) is 7.92. The maximum atomic E-state index is 11.4. The molecule has 0 bridgehead atoms. The molecule has 1 fully saturated rings. The lowest BCUT2D eigenvalue weighted by Gasteiger charge is -2.45. The summed E-state index contributed by atoms with van der Waals surface area (Å²) in [6.45, 7) is 6.72. The van der Waals surface area contributed by atoms with Gasteiger partial charge in [0.1, 0.15) is 0 Å². The molecular weight excluding hydrogens is 246 g/mol. The van der Waals surface area contributed by atoms with Crippen LogP contribution in [0.3, 0.4) is 0 Å². The molecule has 1 unspecified atom stereocenters. The van der Waals surface area contributed by atoms with E-state index in [2.05, 4.69) is 32.0 Å². The molecule has 1 aliphatic carbocycles. The molecular formula is C18H29NO. The molecule has 1 saturated carbocycles. The topological polar surface area (TPSA) is 46.2 Å². The normalized spacial score (nSPS) is 22.1. The van der Waals surface area contributed by atoms with Crippen LogP contribution in [0.2, 0.25) is 0 Å². The third-order valence-electron chi connectivity index (χ3n) is 5.27. The molecule has 0 radical (unpaired) electrons. The van der Waals surface area contributed by atoms with Gasteiger partial charge >= 0.3 is 0 Å². The minimum absolute atomic E-state index is 0.177. The highest BCUT2D eigenvalue weighted by Crippen LogP contribution is 2.48. The Bertz CT molecular complexity index is 436. The van der Waals surface area contributed by atoms with E-state index >= 15 is 0 Å². The number of hydrogen-bond donors (Lipinski definition) is 2. The fourth-order valence-corrected chi connectivity index (χ4v) is 3.86.